The molecule has 0 bridgehead atoms. The van der Waals surface area contributed by atoms with E-state index in [0.29, 0.717) is 16.0 Å². The van der Waals surface area contributed by atoms with Gasteiger partial charge < -0.3 is 14.2 Å². The van der Waals surface area contributed by atoms with Crippen molar-refractivity contribution < 1.29 is 13.6 Å². The predicted octanol–water partition coefficient (Wildman–Crippen LogP) is 3.95. The quantitative estimate of drug-likeness (QED) is 0.668. The van der Waals surface area contributed by atoms with E-state index in [2.05, 4.69) is 15.5 Å². The Balaban J connectivity index is 1.53. The molecule has 0 saturated carbocycles. The number of rotatable bonds is 6. The summed E-state index contributed by atoms with van der Waals surface area (Å²) >= 11 is 7.29. The summed E-state index contributed by atoms with van der Waals surface area (Å²) in [5.41, 5.74) is 0.871. The molecule has 2 heterocycles. The third kappa shape index (κ3) is 3.98. The van der Waals surface area contributed by atoms with Crippen LogP contribution in [0.3, 0.4) is 0 Å². The first-order chi connectivity index (χ1) is 11.6. The van der Waals surface area contributed by atoms with Crippen molar-refractivity contribution in [1.82, 2.24) is 15.5 Å². The van der Waals surface area contributed by atoms with Gasteiger partial charge in [-0.1, -0.05) is 41.6 Å². The van der Waals surface area contributed by atoms with Gasteiger partial charge in [0, 0.05) is 5.02 Å². The van der Waals surface area contributed by atoms with E-state index in [1.807, 2.05) is 25.1 Å². The summed E-state index contributed by atoms with van der Waals surface area (Å²) in [6.07, 6.45) is 1.52. The lowest BCUT2D eigenvalue weighted by Gasteiger charge is -2.15. The van der Waals surface area contributed by atoms with Crippen molar-refractivity contribution in [2.24, 2.45) is 0 Å². The van der Waals surface area contributed by atoms with E-state index in [-0.39, 0.29) is 23.6 Å². The number of carbonyl (C=O) groups excluding carboxylic acids is 1. The van der Waals surface area contributed by atoms with Crippen LogP contribution >= 0.6 is 23.4 Å². The monoisotopic (exact) mass is 363 g/mol. The largest absolute Gasteiger partial charge is 0.459 e. The van der Waals surface area contributed by atoms with Crippen LogP contribution in [0.5, 0.6) is 0 Å². The molecule has 0 aliphatic carbocycles. The molecule has 3 aromatic rings. The lowest BCUT2D eigenvalue weighted by atomic mass is 10.1. The van der Waals surface area contributed by atoms with Crippen LogP contribution in [0.4, 0.5) is 0 Å². The van der Waals surface area contributed by atoms with Crippen molar-refractivity contribution in [2.75, 3.05) is 5.75 Å². The number of hydrogen-bond donors (Lipinski definition) is 1. The number of thioether (sulfide) groups is 1. The molecule has 3 rings (SSSR count). The zero-order valence-corrected chi connectivity index (χ0v) is 14.3. The number of nitrogens with zero attached hydrogens (tertiary/aromatic N) is 2. The summed E-state index contributed by atoms with van der Waals surface area (Å²) in [7, 11) is 0. The molecule has 124 valence electrons. The molecule has 0 fully saturated rings. The molecule has 1 N–H and O–H groups in total. The summed E-state index contributed by atoms with van der Waals surface area (Å²) in [5.74, 6) is 0.790. The zero-order valence-electron chi connectivity index (χ0n) is 12.7. The highest BCUT2D eigenvalue weighted by Gasteiger charge is 2.15. The number of aromatic nitrogens is 2. The van der Waals surface area contributed by atoms with Gasteiger partial charge in [-0.25, -0.2) is 0 Å². The Hall–Kier alpha value is -2.25. The van der Waals surface area contributed by atoms with E-state index in [9.17, 15) is 4.79 Å². The summed E-state index contributed by atoms with van der Waals surface area (Å²) < 4.78 is 10.6. The first kappa shape index (κ1) is 16.6. The molecule has 24 heavy (non-hydrogen) atoms. The third-order valence-corrected chi connectivity index (χ3v) is 4.38. The molecule has 1 atom stereocenters. The van der Waals surface area contributed by atoms with Crippen LogP contribution < -0.4 is 5.32 Å². The number of carbonyl (C=O) groups is 1. The number of furan rings is 1. The molecule has 1 aromatic carbocycles. The number of amides is 1. The van der Waals surface area contributed by atoms with Gasteiger partial charge >= 0.3 is 0 Å². The van der Waals surface area contributed by atoms with E-state index in [4.69, 9.17) is 20.4 Å². The Bertz CT molecular complexity index is 820. The highest BCUT2D eigenvalue weighted by molar-refractivity contribution is 7.99. The van der Waals surface area contributed by atoms with Gasteiger partial charge in [0.25, 0.3) is 11.1 Å². The number of hydrogen-bond acceptors (Lipinski definition) is 6. The van der Waals surface area contributed by atoms with Crippen molar-refractivity contribution in [1.29, 1.82) is 0 Å². The Labute approximate surface area is 147 Å². The molecule has 2 aromatic heterocycles. The molecule has 0 aliphatic heterocycles. The van der Waals surface area contributed by atoms with Crippen LogP contribution in [0.2, 0.25) is 5.02 Å². The highest BCUT2D eigenvalue weighted by Crippen LogP contribution is 2.24. The minimum absolute atomic E-state index is 0.148. The summed E-state index contributed by atoms with van der Waals surface area (Å²) in [5, 5.41) is 11.6. The second kappa shape index (κ2) is 7.55. The molecule has 1 amide bonds. The van der Waals surface area contributed by atoms with Crippen LogP contribution in [-0.2, 0) is 4.79 Å². The van der Waals surface area contributed by atoms with Crippen LogP contribution in [0.15, 0.2) is 56.7 Å². The van der Waals surface area contributed by atoms with Crippen LogP contribution in [0, 0.1) is 0 Å². The van der Waals surface area contributed by atoms with Gasteiger partial charge in [0.05, 0.1) is 18.1 Å². The molecule has 0 unspecified atom stereocenters. The van der Waals surface area contributed by atoms with E-state index in [1.165, 1.54) is 6.26 Å². The minimum atomic E-state index is -0.187. The summed E-state index contributed by atoms with van der Waals surface area (Å²) in [6, 6.07) is 10.7. The lowest BCUT2D eigenvalue weighted by molar-refractivity contribution is -0.119. The number of benzene rings is 1. The van der Waals surface area contributed by atoms with E-state index in [1.54, 1.807) is 18.2 Å². The Morgan fingerprint density at radius 2 is 2.12 bits per heavy atom. The molecular formula is C16H14ClN3O3S. The smallest absolute Gasteiger partial charge is 0.284 e. The first-order valence-electron chi connectivity index (χ1n) is 7.17. The number of nitrogens with one attached hydrogen (secondary N) is 1. The van der Waals surface area contributed by atoms with Crippen molar-refractivity contribution in [3.8, 4) is 11.7 Å². The van der Waals surface area contributed by atoms with Gasteiger partial charge in [0.2, 0.25) is 5.91 Å². The van der Waals surface area contributed by atoms with Crippen LogP contribution in [0.25, 0.3) is 11.7 Å². The minimum Gasteiger partial charge on any atom is -0.459 e. The van der Waals surface area contributed by atoms with Crippen molar-refractivity contribution >= 4 is 29.3 Å². The Morgan fingerprint density at radius 1 is 1.29 bits per heavy atom. The van der Waals surface area contributed by atoms with Gasteiger partial charge in [-0.15, -0.1) is 10.2 Å². The second-order valence-corrected chi connectivity index (χ2v) is 6.28. The average molecular weight is 364 g/mol. The first-order valence-corrected chi connectivity index (χ1v) is 8.54. The molecule has 0 radical (unpaired) electrons. The Kier molecular flexibility index (Phi) is 5.22. The van der Waals surface area contributed by atoms with Crippen molar-refractivity contribution in [2.45, 2.75) is 18.2 Å². The number of halogens is 1. The van der Waals surface area contributed by atoms with Crippen molar-refractivity contribution in [3.63, 3.8) is 0 Å². The maximum Gasteiger partial charge on any atom is 0.284 e. The maximum atomic E-state index is 12.1. The standard InChI is InChI=1S/C16H14ClN3O3S/c1-10(11-5-2-3-6-12(11)17)18-14(21)9-24-16-20-19-15(23-16)13-7-4-8-22-13/h2-8,10H,9H2,1H3,(H,18,21)/t10-/m1/s1. The van der Waals surface area contributed by atoms with E-state index in [0.717, 1.165) is 17.3 Å². The molecule has 0 spiro atoms. The summed E-state index contributed by atoms with van der Waals surface area (Å²) in [4.78, 5) is 12.1. The highest BCUT2D eigenvalue weighted by atomic mass is 35.5. The fourth-order valence-corrected chi connectivity index (χ4v) is 2.96. The maximum absolute atomic E-state index is 12.1. The van der Waals surface area contributed by atoms with E-state index >= 15 is 0 Å². The van der Waals surface area contributed by atoms with Crippen molar-refractivity contribution in [3.05, 3.63) is 53.2 Å². The van der Waals surface area contributed by atoms with Gasteiger partial charge in [0.15, 0.2) is 5.76 Å². The lowest BCUT2D eigenvalue weighted by Crippen LogP contribution is -2.28. The Morgan fingerprint density at radius 3 is 2.88 bits per heavy atom. The average Bonchev–Trinajstić information content (AvgIpc) is 3.24. The second-order valence-electron chi connectivity index (χ2n) is 4.95. The van der Waals surface area contributed by atoms with Gasteiger partial charge in [-0.05, 0) is 30.7 Å². The molecule has 8 heteroatoms. The normalized spacial score (nSPS) is 12.1. The summed E-state index contributed by atoms with van der Waals surface area (Å²) in [6.45, 7) is 1.88. The fraction of sp³-hybridized carbons (Fsp3) is 0.188. The zero-order chi connectivity index (χ0) is 16.9. The topological polar surface area (TPSA) is 81.2 Å². The predicted molar refractivity (Wildman–Crippen MR) is 90.7 cm³/mol. The SMILES string of the molecule is C[C@@H](NC(=O)CSc1nnc(-c2ccco2)o1)c1ccccc1Cl. The fourth-order valence-electron chi connectivity index (χ4n) is 2.08. The molecule has 0 aliphatic rings. The van der Waals surface area contributed by atoms with Gasteiger partial charge in [-0.2, -0.15) is 0 Å². The van der Waals surface area contributed by atoms with Crippen LogP contribution in [-0.4, -0.2) is 21.9 Å². The van der Waals surface area contributed by atoms with E-state index < -0.39 is 0 Å². The van der Waals surface area contributed by atoms with Gasteiger partial charge in [0.1, 0.15) is 0 Å². The molecular weight excluding hydrogens is 350 g/mol. The molecule has 6 nitrogen and oxygen atoms in total. The molecule has 0 saturated heterocycles. The third-order valence-electron chi connectivity index (χ3n) is 3.21. The van der Waals surface area contributed by atoms with Crippen LogP contribution in [0.1, 0.15) is 18.5 Å². The van der Waals surface area contributed by atoms with Gasteiger partial charge in [-0.3, -0.25) is 4.79 Å².